The van der Waals surface area contributed by atoms with Crippen LogP contribution in [-0.4, -0.2) is 65.8 Å². The maximum atomic E-state index is 11.8. The van der Waals surface area contributed by atoms with Crippen molar-refractivity contribution < 1.29 is 19.4 Å². The van der Waals surface area contributed by atoms with E-state index < -0.39 is 6.10 Å². The quantitative estimate of drug-likeness (QED) is 0.713. The maximum absolute atomic E-state index is 11.8. The van der Waals surface area contributed by atoms with Gasteiger partial charge < -0.3 is 24.4 Å². The number of likely N-dealkylation sites (tertiary alicyclic amines) is 1. The van der Waals surface area contributed by atoms with Gasteiger partial charge in [0.1, 0.15) is 6.61 Å². The Labute approximate surface area is 188 Å². The molecule has 0 saturated carbocycles. The molecule has 4 heterocycles. The predicted octanol–water partition coefficient (Wildman–Crippen LogP) is 2.49. The van der Waals surface area contributed by atoms with Crippen LogP contribution in [0.3, 0.4) is 0 Å². The molecule has 2 fully saturated rings. The topological polar surface area (TPSA) is 88.0 Å². The molecule has 1 aromatic carbocycles. The van der Waals surface area contributed by atoms with Gasteiger partial charge in [-0.05, 0) is 61.9 Å². The van der Waals surface area contributed by atoms with E-state index in [1.807, 2.05) is 25.4 Å². The molecule has 1 spiro atoms. The second kappa shape index (κ2) is 8.33. The smallest absolute Gasteiger partial charge is 0.338 e. The van der Waals surface area contributed by atoms with Gasteiger partial charge in [0, 0.05) is 25.2 Å². The molecule has 32 heavy (non-hydrogen) atoms. The van der Waals surface area contributed by atoms with Gasteiger partial charge in [0.15, 0.2) is 0 Å². The Morgan fingerprint density at radius 1 is 1.19 bits per heavy atom. The number of benzene rings is 1. The number of aliphatic hydroxyl groups excluding tert-OH is 1. The summed E-state index contributed by atoms with van der Waals surface area (Å²) in [4.78, 5) is 25.0. The van der Waals surface area contributed by atoms with Gasteiger partial charge in [-0.15, -0.1) is 0 Å². The molecule has 1 N–H and O–H groups in total. The average Bonchev–Trinajstić information content (AvgIpc) is 3.40. The van der Waals surface area contributed by atoms with Gasteiger partial charge in [0.25, 0.3) is 0 Å². The number of β-amino-alcohol motifs (C(OH)–C–C–N with tert-alkyl or cyclic N) is 1. The van der Waals surface area contributed by atoms with E-state index in [2.05, 4.69) is 19.8 Å². The lowest BCUT2D eigenvalue weighted by molar-refractivity contribution is 0.0534. The molecule has 0 unspecified atom stereocenters. The van der Waals surface area contributed by atoms with E-state index in [0.717, 1.165) is 61.4 Å². The van der Waals surface area contributed by atoms with E-state index in [0.29, 0.717) is 30.1 Å². The number of anilines is 1. The zero-order chi connectivity index (χ0) is 22.3. The fourth-order valence-corrected chi connectivity index (χ4v) is 5.42. The molecule has 1 atom stereocenters. The van der Waals surface area contributed by atoms with Crippen molar-refractivity contribution in [3.8, 4) is 6.01 Å². The molecule has 3 aliphatic heterocycles. The molecule has 8 heteroatoms. The van der Waals surface area contributed by atoms with E-state index in [1.54, 1.807) is 13.2 Å². The highest BCUT2D eigenvalue weighted by Crippen LogP contribution is 2.42. The fourth-order valence-electron chi connectivity index (χ4n) is 5.42. The number of hydrogen-bond acceptors (Lipinski definition) is 8. The minimum Gasteiger partial charge on any atom is -0.467 e. The summed E-state index contributed by atoms with van der Waals surface area (Å²) in [7, 11) is 1.57. The Bertz CT molecular complexity index is 1000. The third kappa shape index (κ3) is 3.82. The Balaban J connectivity index is 1.18. The molecule has 2 saturated heterocycles. The summed E-state index contributed by atoms with van der Waals surface area (Å²) in [6.45, 7) is 6.90. The van der Waals surface area contributed by atoms with Crippen LogP contribution >= 0.6 is 0 Å². The van der Waals surface area contributed by atoms with Gasteiger partial charge in [-0.3, -0.25) is 0 Å². The van der Waals surface area contributed by atoms with Crippen LogP contribution < -0.4 is 9.64 Å². The van der Waals surface area contributed by atoms with Crippen LogP contribution in [0, 0.1) is 12.3 Å². The number of esters is 1. The Morgan fingerprint density at radius 2 is 1.91 bits per heavy atom. The molecule has 0 radical (unpaired) electrons. The monoisotopic (exact) mass is 438 g/mol. The molecule has 170 valence electrons. The number of aromatic nitrogens is 2. The number of cyclic esters (lactones) is 1. The second-order valence-corrected chi connectivity index (χ2v) is 9.30. The van der Waals surface area contributed by atoms with Gasteiger partial charge in [-0.25, -0.2) is 14.8 Å². The number of ether oxygens (including phenoxy) is 2. The first-order valence-corrected chi connectivity index (χ1v) is 11.3. The van der Waals surface area contributed by atoms with Crippen LogP contribution in [0.5, 0.6) is 6.01 Å². The summed E-state index contributed by atoms with van der Waals surface area (Å²) in [5.74, 6) is -0.266. The normalized spacial score (nSPS) is 21.0. The number of carbonyl (C=O) groups is 1. The highest BCUT2D eigenvalue weighted by molar-refractivity contribution is 5.93. The van der Waals surface area contributed by atoms with Crippen LogP contribution in [0.15, 0.2) is 24.5 Å². The first-order valence-electron chi connectivity index (χ1n) is 11.3. The van der Waals surface area contributed by atoms with Crippen molar-refractivity contribution >= 4 is 11.7 Å². The number of hydrogen-bond donors (Lipinski definition) is 1. The SMILES string of the molecule is COc1ncc(N2CCC3(CCN(C[C@H](O)c4ccc5c(c4C)COC5=O)CC3)C2)cn1. The summed E-state index contributed by atoms with van der Waals surface area (Å²) in [5, 5.41) is 10.9. The summed E-state index contributed by atoms with van der Waals surface area (Å²) in [6.07, 6.45) is 6.54. The number of fused-ring (bicyclic) bond motifs is 1. The van der Waals surface area contributed by atoms with Crippen LogP contribution in [0.4, 0.5) is 5.69 Å². The molecule has 1 aromatic heterocycles. The highest BCUT2D eigenvalue weighted by Gasteiger charge is 2.41. The summed E-state index contributed by atoms with van der Waals surface area (Å²) < 4.78 is 10.2. The minimum absolute atomic E-state index is 0.266. The second-order valence-electron chi connectivity index (χ2n) is 9.30. The fraction of sp³-hybridized carbons (Fsp3) is 0.542. The molecule has 0 amide bonds. The van der Waals surface area contributed by atoms with Crippen molar-refractivity contribution in [3.05, 3.63) is 46.8 Å². The molecule has 3 aliphatic rings. The largest absolute Gasteiger partial charge is 0.467 e. The van der Waals surface area contributed by atoms with Gasteiger partial charge in [0.05, 0.1) is 36.9 Å². The Morgan fingerprint density at radius 3 is 2.62 bits per heavy atom. The van der Waals surface area contributed by atoms with Gasteiger partial charge in [-0.1, -0.05) is 6.07 Å². The lowest BCUT2D eigenvalue weighted by Gasteiger charge is -2.40. The molecule has 2 aromatic rings. The number of rotatable bonds is 5. The summed E-state index contributed by atoms with van der Waals surface area (Å²) in [6, 6.07) is 4.06. The lowest BCUT2D eigenvalue weighted by atomic mass is 9.77. The molecular weight excluding hydrogens is 408 g/mol. The number of methoxy groups -OCH3 is 1. The van der Waals surface area contributed by atoms with Crippen LogP contribution in [-0.2, 0) is 11.3 Å². The van der Waals surface area contributed by atoms with Gasteiger partial charge >= 0.3 is 12.0 Å². The zero-order valence-electron chi connectivity index (χ0n) is 18.7. The van der Waals surface area contributed by atoms with Crippen molar-refractivity contribution in [2.24, 2.45) is 5.41 Å². The maximum Gasteiger partial charge on any atom is 0.338 e. The molecular formula is C24H30N4O4. The van der Waals surface area contributed by atoms with E-state index in [-0.39, 0.29) is 5.97 Å². The third-order valence-corrected chi connectivity index (χ3v) is 7.52. The average molecular weight is 439 g/mol. The van der Waals surface area contributed by atoms with Crippen LogP contribution in [0.2, 0.25) is 0 Å². The van der Waals surface area contributed by atoms with E-state index in [1.165, 1.54) is 6.42 Å². The van der Waals surface area contributed by atoms with Crippen LogP contribution in [0.25, 0.3) is 0 Å². The first-order chi connectivity index (χ1) is 15.5. The number of aliphatic hydroxyl groups is 1. The Kier molecular flexibility index (Phi) is 5.51. The summed E-state index contributed by atoms with van der Waals surface area (Å²) in [5.41, 5.74) is 4.79. The molecule has 5 rings (SSSR count). The van der Waals surface area contributed by atoms with Crippen LogP contribution in [0.1, 0.15) is 52.4 Å². The molecule has 0 bridgehead atoms. The third-order valence-electron chi connectivity index (χ3n) is 7.52. The molecule has 0 aliphatic carbocycles. The number of nitrogens with zero attached hydrogens (tertiary/aromatic N) is 4. The number of piperidine rings is 1. The van der Waals surface area contributed by atoms with Crippen molar-refractivity contribution in [1.29, 1.82) is 0 Å². The number of carbonyl (C=O) groups excluding carboxylic acids is 1. The van der Waals surface area contributed by atoms with Crippen molar-refractivity contribution in [3.63, 3.8) is 0 Å². The Hall–Kier alpha value is -2.71. The lowest BCUT2D eigenvalue weighted by Crippen LogP contribution is -2.43. The van der Waals surface area contributed by atoms with Gasteiger partial charge in [-0.2, -0.15) is 0 Å². The first kappa shape index (κ1) is 21.2. The van der Waals surface area contributed by atoms with Crippen molar-refractivity contribution in [2.75, 3.05) is 44.7 Å². The zero-order valence-corrected chi connectivity index (χ0v) is 18.7. The standard InChI is InChI=1S/C24H30N4O4/c1-16-18(3-4-19-20(16)14-32-22(19)30)21(29)13-27-8-5-24(6-9-27)7-10-28(15-24)17-11-25-23(31-2)26-12-17/h3-4,11-12,21,29H,5-10,13-15H2,1-2H3/t21-/m0/s1. The van der Waals surface area contributed by atoms with E-state index >= 15 is 0 Å². The van der Waals surface area contributed by atoms with E-state index in [4.69, 9.17) is 9.47 Å². The molecule has 8 nitrogen and oxygen atoms in total. The van der Waals surface area contributed by atoms with Crippen molar-refractivity contribution in [2.45, 2.75) is 38.9 Å². The van der Waals surface area contributed by atoms with Crippen molar-refractivity contribution in [1.82, 2.24) is 14.9 Å². The predicted molar refractivity (Wildman–Crippen MR) is 119 cm³/mol. The van der Waals surface area contributed by atoms with Gasteiger partial charge in [0.2, 0.25) is 0 Å². The summed E-state index contributed by atoms with van der Waals surface area (Å²) >= 11 is 0. The highest BCUT2D eigenvalue weighted by atomic mass is 16.5. The van der Waals surface area contributed by atoms with E-state index in [9.17, 15) is 9.90 Å². The minimum atomic E-state index is -0.568.